The number of hydrogen-bond donors (Lipinski definition) is 1. The Labute approximate surface area is 202 Å². The molecule has 0 bridgehead atoms. The summed E-state index contributed by atoms with van der Waals surface area (Å²) in [6.45, 7) is 1.31. The molecule has 0 radical (unpaired) electrons. The van der Waals surface area contributed by atoms with Crippen molar-refractivity contribution in [3.05, 3.63) is 63.3 Å². The summed E-state index contributed by atoms with van der Waals surface area (Å²) in [7, 11) is -5.41. The van der Waals surface area contributed by atoms with Crippen LogP contribution in [0.4, 0.5) is 32.0 Å². The van der Waals surface area contributed by atoms with Crippen LogP contribution in [0.2, 0.25) is 0 Å². The fourth-order valence-electron chi connectivity index (χ4n) is 2.89. The minimum atomic E-state index is -5.41. The van der Waals surface area contributed by atoms with Gasteiger partial charge in [-0.2, -0.15) is 45.1 Å². The number of hydrogen-bond acceptors (Lipinski definition) is 9. The van der Waals surface area contributed by atoms with Crippen LogP contribution in [-0.4, -0.2) is 41.3 Å². The largest absolute Gasteiger partial charge is 0.461 e. The third-order valence-corrected chi connectivity index (χ3v) is 5.71. The first-order valence-electron chi connectivity index (χ1n) is 9.65. The summed E-state index contributed by atoms with van der Waals surface area (Å²) in [5.41, 5.74) is -6.13. The highest BCUT2D eigenvalue weighted by molar-refractivity contribution is 7.87. The number of rotatable bonds is 7. The van der Waals surface area contributed by atoms with E-state index in [1.165, 1.54) is 6.92 Å². The topological polar surface area (TPSA) is 154 Å². The first-order chi connectivity index (χ1) is 17.0. The van der Waals surface area contributed by atoms with Gasteiger partial charge in [0.1, 0.15) is 10.6 Å². The van der Waals surface area contributed by atoms with E-state index < -0.39 is 77.8 Å². The molecule has 0 unspecified atom stereocenters. The van der Waals surface area contributed by atoms with Gasteiger partial charge in [-0.1, -0.05) is 0 Å². The number of carbonyl (C=O) groups excluding carboxylic acids is 1. The fraction of sp³-hybridized carbons (Fsp3) is 0.211. The molecular formula is C19H12F6N4O7S. The molecule has 0 amide bonds. The number of halogens is 6. The average Bonchev–Trinajstić information content (AvgIpc) is 3.27. The van der Waals surface area contributed by atoms with Gasteiger partial charge in [0.25, 0.3) is 5.69 Å². The molecule has 11 nitrogen and oxygen atoms in total. The van der Waals surface area contributed by atoms with E-state index in [-0.39, 0.29) is 24.8 Å². The van der Waals surface area contributed by atoms with E-state index >= 15 is 0 Å². The molecule has 0 spiro atoms. The number of esters is 1. The molecular weight excluding hydrogens is 542 g/mol. The lowest BCUT2D eigenvalue weighted by molar-refractivity contribution is -0.384. The van der Waals surface area contributed by atoms with Crippen LogP contribution in [-0.2, 0) is 27.2 Å². The molecule has 0 aliphatic heterocycles. The van der Waals surface area contributed by atoms with E-state index in [0.717, 1.165) is 6.07 Å². The monoisotopic (exact) mass is 554 g/mol. The summed E-state index contributed by atoms with van der Waals surface area (Å²) in [5.74, 6) is -1.91. The SMILES string of the molecule is CCOC(=O)c1n[nH]nc1-c1cc([N+](=O)[O-])ccc1OS(=O)(=O)c1cc(C(F)(F)F)cc(C(F)(F)F)c1. The zero-order chi connectivity index (χ0) is 27.8. The van der Waals surface area contributed by atoms with E-state index in [4.69, 9.17) is 8.92 Å². The molecule has 0 saturated heterocycles. The molecule has 0 saturated carbocycles. The Hall–Kier alpha value is -4.22. The van der Waals surface area contributed by atoms with Crippen molar-refractivity contribution in [3.8, 4) is 17.0 Å². The van der Waals surface area contributed by atoms with E-state index in [2.05, 4.69) is 10.2 Å². The Morgan fingerprint density at radius 1 is 1.03 bits per heavy atom. The number of ether oxygens (including phenoxy) is 1. The standard InChI is InChI=1S/C19H12F6N4O7S/c1-2-35-17(30)16-15(26-28-27-16)13-8-11(29(31)32)3-4-14(13)36-37(33,34)12-6-9(18(20,21)22)5-10(7-12)19(23,24)25/h3-8H,2H2,1H3,(H,26,27,28). The number of nitro groups is 1. The average molecular weight is 554 g/mol. The smallest absolute Gasteiger partial charge is 0.416 e. The first kappa shape index (κ1) is 27.4. The Bertz CT molecular complexity index is 1440. The van der Waals surface area contributed by atoms with Crippen molar-refractivity contribution in [2.45, 2.75) is 24.2 Å². The van der Waals surface area contributed by atoms with E-state index in [9.17, 15) is 49.7 Å². The van der Waals surface area contributed by atoms with Crippen molar-refractivity contribution in [1.29, 1.82) is 0 Å². The lowest BCUT2D eigenvalue weighted by Gasteiger charge is -2.15. The number of nitrogens with zero attached hydrogens (tertiary/aromatic N) is 3. The number of H-pyrrole nitrogens is 1. The Kier molecular flexibility index (Phi) is 7.16. The van der Waals surface area contributed by atoms with Gasteiger partial charge in [-0.3, -0.25) is 10.1 Å². The third kappa shape index (κ3) is 5.96. The van der Waals surface area contributed by atoms with Crippen molar-refractivity contribution in [1.82, 2.24) is 15.4 Å². The predicted molar refractivity (Wildman–Crippen MR) is 109 cm³/mol. The van der Waals surface area contributed by atoms with Gasteiger partial charge in [0.2, 0.25) is 0 Å². The molecule has 1 N–H and O–H groups in total. The molecule has 0 atom stereocenters. The molecule has 18 heteroatoms. The second kappa shape index (κ2) is 9.68. The number of aromatic nitrogens is 3. The highest BCUT2D eigenvalue weighted by Crippen LogP contribution is 2.39. The van der Waals surface area contributed by atoms with Gasteiger partial charge in [-0.25, -0.2) is 4.79 Å². The van der Waals surface area contributed by atoms with Crippen molar-refractivity contribution >= 4 is 21.8 Å². The van der Waals surface area contributed by atoms with Crippen LogP contribution in [0.25, 0.3) is 11.3 Å². The lowest BCUT2D eigenvalue weighted by Crippen LogP contribution is -2.16. The van der Waals surface area contributed by atoms with Crippen molar-refractivity contribution < 1.29 is 53.4 Å². The molecule has 1 heterocycles. The van der Waals surface area contributed by atoms with Crippen LogP contribution in [0.1, 0.15) is 28.5 Å². The third-order valence-electron chi connectivity index (χ3n) is 4.50. The summed E-state index contributed by atoms with van der Waals surface area (Å²) >= 11 is 0. The number of aromatic amines is 1. The molecule has 0 fully saturated rings. The minimum absolute atomic E-state index is 0.0736. The summed E-state index contributed by atoms with van der Waals surface area (Å²) < 4.78 is 114. The molecule has 1 aromatic heterocycles. The van der Waals surface area contributed by atoms with Crippen LogP contribution >= 0.6 is 0 Å². The van der Waals surface area contributed by atoms with Gasteiger partial charge >= 0.3 is 28.4 Å². The van der Waals surface area contributed by atoms with Gasteiger partial charge in [-0.05, 0) is 31.2 Å². The molecule has 198 valence electrons. The normalized spacial score (nSPS) is 12.3. The maximum Gasteiger partial charge on any atom is 0.416 e. The maximum atomic E-state index is 13.2. The quantitative estimate of drug-likeness (QED) is 0.147. The summed E-state index contributed by atoms with van der Waals surface area (Å²) in [6, 6.07) is 1.72. The fourth-order valence-corrected chi connectivity index (χ4v) is 3.91. The predicted octanol–water partition coefficient (Wildman–Crippen LogP) is 4.36. The van der Waals surface area contributed by atoms with Gasteiger partial charge in [0, 0.05) is 12.1 Å². The Balaban J connectivity index is 2.18. The summed E-state index contributed by atoms with van der Waals surface area (Å²) in [5, 5.41) is 20.4. The Morgan fingerprint density at radius 3 is 2.14 bits per heavy atom. The minimum Gasteiger partial charge on any atom is -0.461 e. The molecule has 3 aromatic rings. The molecule has 0 aliphatic rings. The summed E-state index contributed by atoms with van der Waals surface area (Å²) in [6.07, 6.45) is -10.7. The maximum absolute atomic E-state index is 13.2. The molecule has 37 heavy (non-hydrogen) atoms. The number of nitro benzene ring substituents is 1. The second-order valence-corrected chi connectivity index (χ2v) is 8.50. The second-order valence-electron chi connectivity index (χ2n) is 6.96. The van der Waals surface area contributed by atoms with Gasteiger partial charge < -0.3 is 8.92 Å². The number of nitrogens with one attached hydrogen (secondary N) is 1. The van der Waals surface area contributed by atoms with Crippen LogP contribution in [0, 0.1) is 10.1 Å². The zero-order valence-corrected chi connectivity index (χ0v) is 18.9. The van der Waals surface area contributed by atoms with Crippen molar-refractivity contribution in [2.75, 3.05) is 6.61 Å². The van der Waals surface area contributed by atoms with Crippen molar-refractivity contribution in [2.24, 2.45) is 0 Å². The van der Waals surface area contributed by atoms with E-state index in [1.54, 1.807) is 0 Å². The lowest BCUT2D eigenvalue weighted by atomic mass is 10.1. The molecule has 3 rings (SSSR count). The van der Waals surface area contributed by atoms with Crippen LogP contribution in [0.3, 0.4) is 0 Å². The Morgan fingerprint density at radius 2 is 1.62 bits per heavy atom. The van der Waals surface area contributed by atoms with E-state index in [0.29, 0.717) is 12.1 Å². The molecule has 0 aliphatic carbocycles. The van der Waals surface area contributed by atoms with E-state index in [1.807, 2.05) is 5.21 Å². The van der Waals surface area contributed by atoms with Crippen molar-refractivity contribution in [3.63, 3.8) is 0 Å². The van der Waals surface area contributed by atoms with Crippen LogP contribution in [0.5, 0.6) is 5.75 Å². The first-order valence-corrected chi connectivity index (χ1v) is 11.1. The number of non-ortho nitro benzene ring substituents is 1. The number of benzene rings is 2. The van der Waals surface area contributed by atoms with Crippen LogP contribution in [0.15, 0.2) is 41.3 Å². The summed E-state index contributed by atoms with van der Waals surface area (Å²) in [4.78, 5) is 21.0. The van der Waals surface area contributed by atoms with Gasteiger partial charge in [-0.15, -0.1) is 5.10 Å². The van der Waals surface area contributed by atoms with Crippen LogP contribution < -0.4 is 4.18 Å². The highest BCUT2D eigenvalue weighted by Gasteiger charge is 2.39. The zero-order valence-electron chi connectivity index (χ0n) is 18.0. The molecule has 2 aromatic carbocycles. The highest BCUT2D eigenvalue weighted by atomic mass is 32.2. The van der Waals surface area contributed by atoms with Gasteiger partial charge in [0.05, 0.1) is 28.2 Å². The number of carbonyl (C=O) groups is 1. The van der Waals surface area contributed by atoms with Gasteiger partial charge in [0.15, 0.2) is 11.4 Å². The number of alkyl halides is 6.